The number of carbonyl (C=O) groups is 2. The second kappa shape index (κ2) is 5.18. The van der Waals surface area contributed by atoms with Gasteiger partial charge < -0.3 is 10.1 Å². The Morgan fingerprint density at radius 2 is 2.20 bits per heavy atom. The Balaban J connectivity index is 3.06. The van der Waals surface area contributed by atoms with Crippen molar-refractivity contribution in [1.29, 1.82) is 0 Å². The number of carbonyl (C=O) groups excluding carboxylic acids is 2. The van der Waals surface area contributed by atoms with E-state index in [1.54, 1.807) is 0 Å². The molecule has 0 saturated heterocycles. The normalized spacial score (nSPS) is 8.60. The van der Waals surface area contributed by atoms with Crippen LogP contribution in [0, 0.1) is 0 Å². The van der Waals surface area contributed by atoms with Crippen LogP contribution < -0.4 is 5.32 Å². The number of hydrogen-bond acceptors (Lipinski definition) is 3. The summed E-state index contributed by atoms with van der Waals surface area (Å²) in [5.41, 5.74) is -0.202. The van der Waals surface area contributed by atoms with Crippen molar-refractivity contribution in [2.24, 2.45) is 0 Å². The van der Waals surface area contributed by atoms with E-state index in [9.17, 15) is 9.59 Å². The minimum absolute atomic E-state index is 0.202. The van der Waals surface area contributed by atoms with E-state index in [1.165, 1.54) is 6.92 Å². The Kier molecular flexibility index (Phi) is 4.85. The van der Waals surface area contributed by atoms with Crippen molar-refractivity contribution in [1.82, 2.24) is 5.32 Å². The van der Waals surface area contributed by atoms with Crippen molar-refractivity contribution in [3.8, 4) is 0 Å². The lowest BCUT2D eigenvalue weighted by atomic mass is 10.7. The number of nitrogens with one attached hydrogen (secondary N) is 1. The number of rotatable bonds is 3. The van der Waals surface area contributed by atoms with Crippen LogP contribution in [0.2, 0.25) is 0 Å². The Hall–Kier alpha value is -0.630. The van der Waals surface area contributed by atoms with Gasteiger partial charge in [-0.05, 0) is 9.24 Å². The van der Waals surface area contributed by atoms with Crippen molar-refractivity contribution in [2.75, 3.05) is 13.2 Å². The van der Waals surface area contributed by atoms with Gasteiger partial charge >= 0.3 is 5.97 Å². The molecule has 1 unspecified atom stereocenters. The molecular formula is C5H10NO3P. The highest BCUT2D eigenvalue weighted by atomic mass is 31.0. The molecule has 0 bridgehead atoms. The summed E-state index contributed by atoms with van der Waals surface area (Å²) in [4.78, 5) is 20.3. The summed E-state index contributed by atoms with van der Waals surface area (Å²) in [5.74, 6) is -0.335. The first-order valence-corrected chi connectivity index (χ1v) is 3.37. The van der Waals surface area contributed by atoms with Gasteiger partial charge in [0.25, 0.3) is 0 Å². The highest BCUT2D eigenvalue weighted by Gasteiger charge is 1.92. The van der Waals surface area contributed by atoms with Crippen LogP contribution in [0.15, 0.2) is 0 Å². The molecule has 0 aliphatic carbocycles. The Morgan fingerprint density at radius 1 is 1.60 bits per heavy atom. The first-order chi connectivity index (χ1) is 4.63. The maximum atomic E-state index is 10.2. The summed E-state index contributed by atoms with van der Waals surface area (Å²) in [7, 11) is 1.96. The third-order valence-electron chi connectivity index (χ3n) is 0.707. The molecule has 58 valence electrons. The van der Waals surface area contributed by atoms with Crippen LogP contribution in [-0.4, -0.2) is 24.8 Å². The molecule has 0 fully saturated rings. The predicted molar refractivity (Wildman–Crippen MR) is 39.7 cm³/mol. The van der Waals surface area contributed by atoms with E-state index >= 15 is 0 Å². The zero-order valence-corrected chi connectivity index (χ0v) is 6.87. The molecule has 0 aliphatic heterocycles. The standard InChI is InChI=1S/C5H10NO3P/c1-4(7)9-3-2-6-5(8)10/h2-3,10H2,1H3,(H,6,8). The van der Waals surface area contributed by atoms with Crippen LogP contribution in [0.5, 0.6) is 0 Å². The molecule has 1 amide bonds. The van der Waals surface area contributed by atoms with E-state index < -0.39 is 0 Å². The van der Waals surface area contributed by atoms with Gasteiger partial charge in [-0.25, -0.2) is 0 Å². The molecule has 0 saturated carbocycles. The quantitative estimate of drug-likeness (QED) is 0.365. The molecule has 0 aliphatic rings. The zero-order valence-electron chi connectivity index (χ0n) is 5.72. The molecule has 0 aromatic rings. The van der Waals surface area contributed by atoms with E-state index in [0.717, 1.165) is 0 Å². The fourth-order valence-electron chi connectivity index (χ4n) is 0.369. The zero-order chi connectivity index (χ0) is 7.98. The van der Waals surface area contributed by atoms with Gasteiger partial charge in [0.2, 0.25) is 5.65 Å². The summed E-state index contributed by atoms with van der Waals surface area (Å²) < 4.78 is 4.53. The number of esters is 1. The van der Waals surface area contributed by atoms with Crippen LogP contribution >= 0.6 is 9.24 Å². The highest BCUT2D eigenvalue weighted by Crippen LogP contribution is 1.81. The van der Waals surface area contributed by atoms with E-state index in [0.29, 0.717) is 6.54 Å². The van der Waals surface area contributed by atoms with Crippen LogP contribution in [0.25, 0.3) is 0 Å². The van der Waals surface area contributed by atoms with E-state index in [1.807, 2.05) is 9.24 Å². The number of hydrogen-bond donors (Lipinski definition) is 1. The molecule has 0 spiro atoms. The van der Waals surface area contributed by atoms with E-state index in [4.69, 9.17) is 0 Å². The predicted octanol–water partition coefficient (Wildman–Crippen LogP) is 0.134. The molecule has 1 N–H and O–H groups in total. The average molecular weight is 163 g/mol. The first-order valence-electron chi connectivity index (χ1n) is 2.79. The van der Waals surface area contributed by atoms with Gasteiger partial charge in [0.15, 0.2) is 0 Å². The molecule has 0 heterocycles. The summed E-state index contributed by atoms with van der Waals surface area (Å²) in [5, 5.41) is 2.45. The lowest BCUT2D eigenvalue weighted by Crippen LogP contribution is -2.22. The first kappa shape index (κ1) is 9.37. The van der Waals surface area contributed by atoms with Gasteiger partial charge in [0.1, 0.15) is 6.61 Å². The van der Waals surface area contributed by atoms with Crippen LogP contribution in [0.4, 0.5) is 4.79 Å². The van der Waals surface area contributed by atoms with Gasteiger partial charge in [0, 0.05) is 6.92 Å². The van der Waals surface area contributed by atoms with Crippen LogP contribution in [-0.2, 0) is 9.53 Å². The van der Waals surface area contributed by atoms with Crippen molar-refractivity contribution >= 4 is 20.9 Å². The van der Waals surface area contributed by atoms with Crippen molar-refractivity contribution in [2.45, 2.75) is 6.92 Å². The lowest BCUT2D eigenvalue weighted by Gasteiger charge is -2.00. The maximum absolute atomic E-state index is 10.2. The maximum Gasteiger partial charge on any atom is 0.302 e. The van der Waals surface area contributed by atoms with Crippen molar-refractivity contribution in [3.05, 3.63) is 0 Å². The Labute approximate surface area is 61.5 Å². The fourth-order valence-corrected chi connectivity index (χ4v) is 0.513. The van der Waals surface area contributed by atoms with Gasteiger partial charge in [-0.1, -0.05) is 0 Å². The average Bonchev–Trinajstić information content (AvgIpc) is 1.79. The van der Waals surface area contributed by atoms with E-state index in [2.05, 4.69) is 10.1 Å². The lowest BCUT2D eigenvalue weighted by molar-refractivity contribution is -0.140. The molecule has 4 nitrogen and oxygen atoms in total. The van der Waals surface area contributed by atoms with Gasteiger partial charge in [-0.2, -0.15) is 0 Å². The minimum Gasteiger partial charge on any atom is -0.464 e. The van der Waals surface area contributed by atoms with Crippen molar-refractivity contribution < 1.29 is 14.3 Å². The SMILES string of the molecule is CC(=O)OCCNC(=O)P. The summed E-state index contributed by atoms with van der Waals surface area (Å²) >= 11 is 0. The molecule has 0 aromatic heterocycles. The Bertz CT molecular complexity index is 121. The fraction of sp³-hybridized carbons (Fsp3) is 0.600. The van der Waals surface area contributed by atoms with Gasteiger partial charge in [0.05, 0.1) is 6.54 Å². The van der Waals surface area contributed by atoms with Crippen LogP contribution in [0.3, 0.4) is 0 Å². The molecule has 0 rings (SSSR count). The Morgan fingerprint density at radius 3 is 2.60 bits per heavy atom. The summed E-state index contributed by atoms with van der Waals surface area (Å²) in [6, 6.07) is 0. The highest BCUT2D eigenvalue weighted by molar-refractivity contribution is 7.39. The third-order valence-corrected chi connectivity index (χ3v) is 0.911. The van der Waals surface area contributed by atoms with Crippen LogP contribution in [0.1, 0.15) is 6.92 Å². The second-order valence-electron chi connectivity index (χ2n) is 1.63. The molecule has 10 heavy (non-hydrogen) atoms. The molecule has 1 atom stereocenters. The minimum atomic E-state index is -0.335. The van der Waals surface area contributed by atoms with Gasteiger partial charge in [-0.3, -0.25) is 9.59 Å². The molecular weight excluding hydrogens is 153 g/mol. The summed E-state index contributed by atoms with van der Waals surface area (Å²) in [6.07, 6.45) is 0. The molecule has 0 radical (unpaired) electrons. The third kappa shape index (κ3) is 7.37. The number of amides is 1. The topological polar surface area (TPSA) is 55.4 Å². The molecule has 0 aromatic carbocycles. The second-order valence-corrected chi connectivity index (χ2v) is 2.16. The largest absolute Gasteiger partial charge is 0.464 e. The monoisotopic (exact) mass is 163 g/mol. The van der Waals surface area contributed by atoms with E-state index in [-0.39, 0.29) is 18.2 Å². The van der Waals surface area contributed by atoms with Gasteiger partial charge in [-0.15, -0.1) is 0 Å². The smallest absolute Gasteiger partial charge is 0.302 e. The summed E-state index contributed by atoms with van der Waals surface area (Å²) in [6.45, 7) is 1.92. The molecule has 5 heteroatoms. The van der Waals surface area contributed by atoms with Crippen molar-refractivity contribution in [3.63, 3.8) is 0 Å². The number of ether oxygens (including phenoxy) is 1.